The maximum absolute atomic E-state index is 12.5. The highest BCUT2D eigenvalue weighted by Crippen LogP contribution is 2.22. The summed E-state index contributed by atoms with van der Waals surface area (Å²) >= 11 is 0. The Labute approximate surface area is 133 Å². The third kappa shape index (κ3) is 4.47. The quantitative estimate of drug-likeness (QED) is 0.909. The van der Waals surface area contributed by atoms with E-state index in [9.17, 15) is 4.79 Å². The minimum Gasteiger partial charge on any atom is -0.492 e. The third-order valence-corrected chi connectivity index (χ3v) is 4.35. The molecule has 22 heavy (non-hydrogen) atoms. The maximum atomic E-state index is 12.5. The number of amides is 1. The van der Waals surface area contributed by atoms with Crippen LogP contribution in [0.3, 0.4) is 0 Å². The lowest BCUT2D eigenvalue weighted by atomic mass is 9.92. The number of para-hydroxylation sites is 1. The zero-order valence-electron chi connectivity index (χ0n) is 14.2. The molecule has 1 fully saturated rings. The van der Waals surface area contributed by atoms with Gasteiger partial charge in [0.05, 0.1) is 5.41 Å². The molecule has 1 aliphatic rings. The summed E-state index contributed by atoms with van der Waals surface area (Å²) in [5.41, 5.74) is 0.556. The van der Waals surface area contributed by atoms with Crippen molar-refractivity contribution >= 4 is 5.91 Å². The average Bonchev–Trinajstić information content (AvgIpc) is 2.49. The van der Waals surface area contributed by atoms with E-state index in [1.165, 1.54) is 0 Å². The van der Waals surface area contributed by atoms with Crippen LogP contribution < -0.4 is 10.1 Å². The first-order valence-corrected chi connectivity index (χ1v) is 8.06. The van der Waals surface area contributed by atoms with Crippen molar-refractivity contribution < 1.29 is 9.53 Å². The second-order valence-corrected chi connectivity index (χ2v) is 6.99. The fourth-order valence-corrected chi connectivity index (χ4v) is 2.58. The van der Waals surface area contributed by atoms with Gasteiger partial charge in [0.1, 0.15) is 12.4 Å². The predicted octanol–water partition coefficient (Wildman–Crippen LogP) is 2.61. The molecule has 0 aromatic heterocycles. The average molecular weight is 304 g/mol. The van der Waals surface area contributed by atoms with Crippen molar-refractivity contribution in [3.05, 3.63) is 29.8 Å². The summed E-state index contributed by atoms with van der Waals surface area (Å²) in [5.74, 6) is 0.929. The Morgan fingerprint density at radius 1 is 1.32 bits per heavy atom. The monoisotopic (exact) mass is 304 g/mol. The molecule has 2 rings (SSSR count). The van der Waals surface area contributed by atoms with Crippen LogP contribution >= 0.6 is 0 Å². The van der Waals surface area contributed by atoms with E-state index < -0.39 is 5.41 Å². The standard InChI is InChI=1S/C18H28N2O2/c1-14-7-5-6-8-16(14)22-13-18(2,3)17(21)19-15-9-11-20(4)12-10-15/h5-8,15H,9-13H2,1-4H3,(H,19,21). The van der Waals surface area contributed by atoms with Gasteiger partial charge in [0, 0.05) is 6.04 Å². The van der Waals surface area contributed by atoms with Crippen LogP contribution in [0.25, 0.3) is 0 Å². The van der Waals surface area contributed by atoms with E-state index in [1.54, 1.807) is 0 Å². The molecule has 1 aromatic rings. The molecule has 1 aromatic carbocycles. The molecule has 1 heterocycles. The summed E-state index contributed by atoms with van der Waals surface area (Å²) in [6, 6.07) is 8.19. The first-order valence-electron chi connectivity index (χ1n) is 8.06. The molecule has 0 radical (unpaired) electrons. The van der Waals surface area contributed by atoms with Gasteiger partial charge in [-0.3, -0.25) is 4.79 Å². The first kappa shape index (κ1) is 16.8. The van der Waals surface area contributed by atoms with Gasteiger partial charge in [0.2, 0.25) is 5.91 Å². The van der Waals surface area contributed by atoms with Gasteiger partial charge in [0.25, 0.3) is 0 Å². The molecule has 1 amide bonds. The number of nitrogens with zero attached hydrogens (tertiary/aromatic N) is 1. The minimum atomic E-state index is -0.536. The van der Waals surface area contributed by atoms with Crippen LogP contribution in [-0.2, 0) is 4.79 Å². The fraction of sp³-hybridized carbons (Fsp3) is 0.611. The van der Waals surface area contributed by atoms with Crippen molar-refractivity contribution in [3.63, 3.8) is 0 Å². The lowest BCUT2D eigenvalue weighted by molar-refractivity contribution is -0.131. The number of likely N-dealkylation sites (tertiary alicyclic amines) is 1. The molecule has 4 nitrogen and oxygen atoms in total. The molecule has 0 atom stereocenters. The van der Waals surface area contributed by atoms with Crippen LogP contribution in [0.4, 0.5) is 0 Å². The van der Waals surface area contributed by atoms with Crippen molar-refractivity contribution in [1.29, 1.82) is 0 Å². The van der Waals surface area contributed by atoms with Crippen LogP contribution in [0.5, 0.6) is 5.75 Å². The Bertz CT molecular complexity index is 506. The molecule has 0 aliphatic carbocycles. The molecule has 0 bridgehead atoms. The predicted molar refractivity (Wildman–Crippen MR) is 89.1 cm³/mol. The van der Waals surface area contributed by atoms with Gasteiger partial charge in [-0.05, 0) is 65.4 Å². The lowest BCUT2D eigenvalue weighted by Crippen LogP contribution is -2.49. The van der Waals surface area contributed by atoms with Gasteiger partial charge in [-0.25, -0.2) is 0 Å². The van der Waals surface area contributed by atoms with E-state index in [-0.39, 0.29) is 5.91 Å². The van der Waals surface area contributed by atoms with E-state index in [4.69, 9.17) is 4.74 Å². The van der Waals surface area contributed by atoms with Gasteiger partial charge in [-0.1, -0.05) is 18.2 Å². The number of hydrogen-bond donors (Lipinski definition) is 1. The maximum Gasteiger partial charge on any atom is 0.229 e. The van der Waals surface area contributed by atoms with Crippen LogP contribution in [-0.4, -0.2) is 43.6 Å². The van der Waals surface area contributed by atoms with Gasteiger partial charge in [-0.2, -0.15) is 0 Å². The largest absolute Gasteiger partial charge is 0.492 e. The highest BCUT2D eigenvalue weighted by Gasteiger charge is 2.31. The van der Waals surface area contributed by atoms with Crippen molar-refractivity contribution in [3.8, 4) is 5.75 Å². The number of hydrogen-bond acceptors (Lipinski definition) is 3. The lowest BCUT2D eigenvalue weighted by Gasteiger charge is -2.32. The molecule has 1 aliphatic heterocycles. The summed E-state index contributed by atoms with van der Waals surface area (Å²) in [6.45, 7) is 8.37. The van der Waals surface area contributed by atoms with Crippen LogP contribution in [0.1, 0.15) is 32.3 Å². The molecule has 0 saturated carbocycles. The highest BCUT2D eigenvalue weighted by atomic mass is 16.5. The number of piperidine rings is 1. The van der Waals surface area contributed by atoms with Crippen molar-refractivity contribution in [2.75, 3.05) is 26.7 Å². The second kappa shape index (κ2) is 7.14. The molecule has 122 valence electrons. The molecule has 0 unspecified atom stereocenters. The summed E-state index contributed by atoms with van der Waals surface area (Å²) in [6.07, 6.45) is 2.05. The van der Waals surface area contributed by atoms with Crippen LogP contribution in [0, 0.1) is 12.3 Å². The van der Waals surface area contributed by atoms with Gasteiger partial charge < -0.3 is 15.0 Å². The molecular formula is C18H28N2O2. The van der Waals surface area contributed by atoms with Crippen molar-refractivity contribution in [2.24, 2.45) is 5.41 Å². The van der Waals surface area contributed by atoms with Crippen molar-refractivity contribution in [1.82, 2.24) is 10.2 Å². The third-order valence-electron chi connectivity index (χ3n) is 4.35. The topological polar surface area (TPSA) is 41.6 Å². The number of aryl methyl sites for hydroxylation is 1. The van der Waals surface area contributed by atoms with E-state index >= 15 is 0 Å². The number of rotatable bonds is 5. The summed E-state index contributed by atoms with van der Waals surface area (Å²) in [7, 11) is 2.12. The van der Waals surface area contributed by atoms with Gasteiger partial charge in [-0.15, -0.1) is 0 Å². The molecule has 0 spiro atoms. The zero-order chi connectivity index (χ0) is 16.2. The Balaban J connectivity index is 1.86. The van der Waals surface area contributed by atoms with Gasteiger partial charge >= 0.3 is 0 Å². The normalized spacial score (nSPS) is 17.3. The molecule has 4 heteroatoms. The number of benzene rings is 1. The zero-order valence-corrected chi connectivity index (χ0v) is 14.2. The smallest absolute Gasteiger partial charge is 0.229 e. The molecular weight excluding hydrogens is 276 g/mol. The number of carbonyl (C=O) groups is 1. The second-order valence-electron chi connectivity index (χ2n) is 6.99. The SMILES string of the molecule is Cc1ccccc1OCC(C)(C)C(=O)NC1CCN(C)CC1. The Morgan fingerprint density at radius 2 is 1.95 bits per heavy atom. The molecule has 1 N–H and O–H groups in total. The Morgan fingerprint density at radius 3 is 2.59 bits per heavy atom. The van der Waals surface area contributed by atoms with E-state index in [0.29, 0.717) is 12.6 Å². The number of nitrogens with one attached hydrogen (secondary N) is 1. The molecule has 1 saturated heterocycles. The van der Waals surface area contributed by atoms with Crippen LogP contribution in [0.15, 0.2) is 24.3 Å². The number of ether oxygens (including phenoxy) is 1. The van der Waals surface area contributed by atoms with Gasteiger partial charge in [0.15, 0.2) is 0 Å². The minimum absolute atomic E-state index is 0.0793. The van der Waals surface area contributed by atoms with E-state index in [0.717, 1.165) is 37.2 Å². The van der Waals surface area contributed by atoms with Crippen molar-refractivity contribution in [2.45, 2.75) is 39.7 Å². The van der Waals surface area contributed by atoms with E-state index in [1.807, 2.05) is 45.0 Å². The first-order chi connectivity index (χ1) is 10.4. The summed E-state index contributed by atoms with van der Waals surface area (Å²) in [4.78, 5) is 14.8. The Kier molecular flexibility index (Phi) is 5.46. The highest BCUT2D eigenvalue weighted by molar-refractivity contribution is 5.82. The summed E-state index contributed by atoms with van der Waals surface area (Å²) < 4.78 is 5.86. The summed E-state index contributed by atoms with van der Waals surface area (Å²) in [5, 5.41) is 3.18. The number of carbonyl (C=O) groups excluding carboxylic acids is 1. The van der Waals surface area contributed by atoms with E-state index in [2.05, 4.69) is 17.3 Å². The fourth-order valence-electron chi connectivity index (χ4n) is 2.58. The Hall–Kier alpha value is -1.55. The van der Waals surface area contributed by atoms with Crippen LogP contribution in [0.2, 0.25) is 0 Å².